The number of hydrogen-bond donors (Lipinski definition) is 0. The van der Waals surface area contributed by atoms with Crippen molar-refractivity contribution in [2.75, 3.05) is 12.0 Å². The molecule has 0 unspecified atom stereocenters. The predicted octanol–water partition coefficient (Wildman–Crippen LogP) is 5.22. The van der Waals surface area contributed by atoms with Crippen molar-refractivity contribution in [3.05, 3.63) is 10.9 Å². The van der Waals surface area contributed by atoms with Crippen molar-refractivity contribution in [2.45, 2.75) is 65.3 Å². The summed E-state index contributed by atoms with van der Waals surface area (Å²) in [7, 11) is 1.28. The summed E-state index contributed by atoms with van der Waals surface area (Å²) in [5.74, 6) is 7.69. The first kappa shape index (κ1) is 20.7. The van der Waals surface area contributed by atoms with E-state index in [1.54, 1.807) is 4.90 Å². The van der Waals surface area contributed by atoms with Crippen molar-refractivity contribution in [2.24, 2.45) is 17.8 Å². The summed E-state index contributed by atoms with van der Waals surface area (Å²) in [6.07, 6.45) is 5.49. The maximum Gasteiger partial charge on any atom is 0.514 e. The van der Waals surface area contributed by atoms with Gasteiger partial charge in [-0.1, -0.05) is 30.1 Å². The second kappa shape index (κ2) is 9.00. The summed E-state index contributed by atoms with van der Waals surface area (Å²) in [4.78, 5) is 27.7. The molecule has 0 aliphatic heterocycles. The van der Waals surface area contributed by atoms with Gasteiger partial charge in [0.15, 0.2) is 0 Å². The molecule has 0 spiro atoms. The van der Waals surface area contributed by atoms with Crippen molar-refractivity contribution in [1.29, 1.82) is 0 Å². The molecule has 2 fully saturated rings. The van der Waals surface area contributed by atoms with Crippen LogP contribution in [0.25, 0.3) is 0 Å². The highest BCUT2D eigenvalue weighted by molar-refractivity contribution is 7.15. The standard InChI is InChI=1S/C22H29NO4S/c1-14(2)23(20(24)17-10-5-15(3)6-11-17)19-13-18(12-9-16-7-8-16)28-21(19)27-22(25)26-4/h13-17H,5-8,10-11H2,1-4H3/t15-,17-. The Labute approximate surface area is 171 Å². The number of carbonyl (C=O) groups excluding carboxylic acids is 2. The Morgan fingerprint density at radius 1 is 1.18 bits per heavy atom. The van der Waals surface area contributed by atoms with Crippen LogP contribution >= 0.6 is 11.3 Å². The van der Waals surface area contributed by atoms with Gasteiger partial charge in [-0.15, -0.1) is 0 Å². The number of hydrogen-bond acceptors (Lipinski definition) is 5. The van der Waals surface area contributed by atoms with E-state index >= 15 is 0 Å². The van der Waals surface area contributed by atoms with E-state index in [2.05, 4.69) is 23.5 Å². The van der Waals surface area contributed by atoms with Gasteiger partial charge in [0.1, 0.15) is 5.69 Å². The van der Waals surface area contributed by atoms with Gasteiger partial charge in [0.05, 0.1) is 12.0 Å². The van der Waals surface area contributed by atoms with Gasteiger partial charge in [-0.05, 0) is 64.4 Å². The van der Waals surface area contributed by atoms with E-state index in [0.717, 1.165) is 43.4 Å². The zero-order chi connectivity index (χ0) is 20.3. The van der Waals surface area contributed by atoms with E-state index in [-0.39, 0.29) is 17.9 Å². The SMILES string of the molecule is COC(=O)Oc1sc(C#CC2CC2)cc1N(C(=O)[C@H]1CC[C@H](C)CC1)C(C)C. The molecule has 2 saturated carbocycles. The van der Waals surface area contributed by atoms with Gasteiger partial charge in [-0.3, -0.25) is 4.79 Å². The number of methoxy groups -OCH3 is 1. The molecule has 1 aromatic heterocycles. The molecular weight excluding hydrogens is 374 g/mol. The molecule has 0 atom stereocenters. The van der Waals surface area contributed by atoms with E-state index in [4.69, 9.17) is 4.74 Å². The largest absolute Gasteiger partial charge is 0.514 e. The third-order valence-corrected chi connectivity index (χ3v) is 6.30. The normalized spacial score (nSPS) is 21.6. The quantitative estimate of drug-likeness (QED) is 0.511. The van der Waals surface area contributed by atoms with Gasteiger partial charge in [-0.2, -0.15) is 0 Å². The highest BCUT2D eigenvalue weighted by Gasteiger charge is 2.33. The summed E-state index contributed by atoms with van der Waals surface area (Å²) in [6.45, 7) is 6.21. The molecular formula is C22H29NO4S. The highest BCUT2D eigenvalue weighted by atomic mass is 32.1. The minimum absolute atomic E-state index is 0.0190. The van der Waals surface area contributed by atoms with Crippen molar-refractivity contribution in [1.82, 2.24) is 0 Å². The number of ether oxygens (including phenoxy) is 2. The van der Waals surface area contributed by atoms with Crippen LogP contribution < -0.4 is 9.64 Å². The fourth-order valence-corrected chi connectivity index (χ4v) is 4.39. The molecule has 3 rings (SSSR count). The Bertz CT molecular complexity index is 776. The van der Waals surface area contributed by atoms with Crippen LogP contribution in [-0.2, 0) is 9.53 Å². The molecule has 152 valence electrons. The number of rotatable bonds is 4. The van der Waals surface area contributed by atoms with Gasteiger partial charge in [0.25, 0.3) is 0 Å². The third-order valence-electron chi connectivity index (χ3n) is 5.38. The molecule has 5 nitrogen and oxygen atoms in total. The van der Waals surface area contributed by atoms with Crippen molar-refractivity contribution in [3.63, 3.8) is 0 Å². The average molecular weight is 404 g/mol. The number of thiophene rings is 1. The molecule has 1 aromatic rings. The Morgan fingerprint density at radius 3 is 2.43 bits per heavy atom. The van der Waals surface area contributed by atoms with E-state index in [1.807, 2.05) is 19.9 Å². The maximum atomic E-state index is 13.4. The van der Waals surface area contributed by atoms with Gasteiger partial charge in [-0.25, -0.2) is 4.79 Å². The Balaban J connectivity index is 1.90. The van der Waals surface area contributed by atoms with Crippen LogP contribution in [0.5, 0.6) is 5.06 Å². The van der Waals surface area contributed by atoms with Crippen LogP contribution in [0.15, 0.2) is 6.07 Å². The summed E-state index contributed by atoms with van der Waals surface area (Å²) >= 11 is 1.29. The van der Waals surface area contributed by atoms with Gasteiger partial charge >= 0.3 is 6.16 Å². The number of nitrogens with zero attached hydrogens (tertiary/aromatic N) is 1. The lowest BCUT2D eigenvalue weighted by molar-refractivity contribution is -0.123. The zero-order valence-electron chi connectivity index (χ0n) is 17.1. The highest BCUT2D eigenvalue weighted by Crippen LogP contribution is 2.41. The fourth-order valence-electron chi connectivity index (χ4n) is 3.54. The summed E-state index contributed by atoms with van der Waals surface area (Å²) in [6, 6.07) is 1.83. The van der Waals surface area contributed by atoms with Gasteiger partial charge in [0.2, 0.25) is 11.0 Å². The van der Waals surface area contributed by atoms with Crippen molar-refractivity contribution < 1.29 is 19.1 Å². The van der Waals surface area contributed by atoms with E-state index in [0.29, 0.717) is 22.6 Å². The molecule has 1 amide bonds. The van der Waals surface area contributed by atoms with Crippen LogP contribution in [0.4, 0.5) is 10.5 Å². The maximum absolute atomic E-state index is 13.4. The topological polar surface area (TPSA) is 55.8 Å². The Hall–Kier alpha value is -2.00. The Morgan fingerprint density at radius 2 is 1.86 bits per heavy atom. The third kappa shape index (κ3) is 5.08. The molecule has 2 aliphatic rings. The van der Waals surface area contributed by atoms with E-state index < -0.39 is 6.16 Å². The molecule has 0 radical (unpaired) electrons. The van der Waals surface area contributed by atoms with Crippen LogP contribution in [0, 0.1) is 29.6 Å². The lowest BCUT2D eigenvalue weighted by Crippen LogP contribution is -2.42. The number of anilines is 1. The molecule has 28 heavy (non-hydrogen) atoms. The molecule has 0 N–H and O–H groups in total. The molecule has 2 aliphatic carbocycles. The van der Waals surface area contributed by atoms with Crippen molar-refractivity contribution in [3.8, 4) is 16.9 Å². The number of amides is 1. The van der Waals surface area contributed by atoms with Crippen molar-refractivity contribution >= 4 is 29.1 Å². The smallest absolute Gasteiger partial charge is 0.437 e. The summed E-state index contributed by atoms with van der Waals surface area (Å²) < 4.78 is 10.0. The average Bonchev–Trinajstić information content (AvgIpc) is 3.42. The number of carbonyl (C=O) groups is 2. The van der Waals surface area contributed by atoms with Crippen LogP contribution in [0.3, 0.4) is 0 Å². The van der Waals surface area contributed by atoms with Crippen LogP contribution in [0.1, 0.15) is 64.2 Å². The first-order valence-corrected chi connectivity index (χ1v) is 10.9. The fraction of sp³-hybridized carbons (Fsp3) is 0.636. The second-order valence-corrected chi connectivity index (χ2v) is 9.16. The summed E-state index contributed by atoms with van der Waals surface area (Å²) in [5.41, 5.74) is 0.620. The first-order chi connectivity index (χ1) is 13.4. The second-order valence-electron chi connectivity index (χ2n) is 8.14. The molecule has 0 bridgehead atoms. The monoisotopic (exact) mass is 403 g/mol. The first-order valence-electron chi connectivity index (χ1n) is 10.1. The predicted molar refractivity (Wildman–Crippen MR) is 111 cm³/mol. The van der Waals surface area contributed by atoms with E-state index in [9.17, 15) is 9.59 Å². The van der Waals surface area contributed by atoms with E-state index in [1.165, 1.54) is 18.4 Å². The summed E-state index contributed by atoms with van der Waals surface area (Å²) in [5, 5.41) is 0.373. The van der Waals surface area contributed by atoms with Crippen LogP contribution in [0.2, 0.25) is 0 Å². The zero-order valence-corrected chi connectivity index (χ0v) is 17.9. The molecule has 6 heteroatoms. The lowest BCUT2D eigenvalue weighted by atomic mass is 9.82. The minimum atomic E-state index is -0.785. The van der Waals surface area contributed by atoms with Crippen LogP contribution in [-0.4, -0.2) is 25.2 Å². The van der Waals surface area contributed by atoms with Gasteiger partial charge in [0, 0.05) is 17.9 Å². The lowest BCUT2D eigenvalue weighted by Gasteiger charge is -2.33. The molecule has 0 saturated heterocycles. The van der Waals surface area contributed by atoms with Gasteiger partial charge < -0.3 is 14.4 Å². The Kier molecular flexibility index (Phi) is 6.66. The molecule has 1 heterocycles. The molecule has 0 aromatic carbocycles. The minimum Gasteiger partial charge on any atom is -0.437 e.